The molecule has 11 heteroatoms. The van der Waals surface area contributed by atoms with E-state index in [1.54, 1.807) is 36.7 Å². The molecular formula is C26H33Cl2N5O4. The third-order valence-corrected chi connectivity index (χ3v) is 7.07. The van der Waals surface area contributed by atoms with E-state index in [9.17, 15) is 19.8 Å². The molecule has 0 bridgehead atoms. The zero-order valence-electron chi connectivity index (χ0n) is 21.4. The third kappa shape index (κ3) is 6.91. The van der Waals surface area contributed by atoms with E-state index in [0.717, 1.165) is 6.42 Å². The fourth-order valence-electron chi connectivity index (χ4n) is 4.34. The van der Waals surface area contributed by atoms with Crippen LogP contribution in [0.2, 0.25) is 10.0 Å². The van der Waals surface area contributed by atoms with Crippen molar-refractivity contribution in [2.24, 2.45) is 5.41 Å². The molecule has 0 spiro atoms. The van der Waals surface area contributed by atoms with Crippen molar-refractivity contribution in [3.8, 4) is 0 Å². The van der Waals surface area contributed by atoms with Gasteiger partial charge in [0.1, 0.15) is 5.82 Å². The zero-order valence-corrected chi connectivity index (χ0v) is 22.9. The molecule has 9 nitrogen and oxygen atoms in total. The summed E-state index contributed by atoms with van der Waals surface area (Å²) in [5, 5.41) is 24.9. The number of unbranched alkanes of at least 4 members (excludes halogenated alkanes) is 1. The van der Waals surface area contributed by atoms with Crippen LogP contribution in [0, 0.1) is 5.41 Å². The number of anilines is 1. The van der Waals surface area contributed by atoms with Gasteiger partial charge in [-0.3, -0.25) is 9.69 Å². The molecule has 0 radical (unpaired) electrons. The van der Waals surface area contributed by atoms with Gasteiger partial charge in [-0.2, -0.15) is 0 Å². The number of halogens is 2. The molecule has 0 unspecified atom stereocenters. The predicted molar refractivity (Wildman–Crippen MR) is 145 cm³/mol. The molecule has 1 aromatic carbocycles. The Morgan fingerprint density at radius 2 is 1.86 bits per heavy atom. The summed E-state index contributed by atoms with van der Waals surface area (Å²) in [6.07, 6.45) is 1.99. The number of nitrogens with one attached hydrogen (secondary N) is 1. The van der Waals surface area contributed by atoms with E-state index in [-0.39, 0.29) is 12.4 Å². The molecule has 0 fully saturated rings. The SMILES string of the molecule is CCCC[C@@H]([C@@H](O)C(=O)Nc1ccccn1)N(C(=O)O)[C@H](Cn1cnc2cc(Cl)c(Cl)cc21)C(C)(C)C. The van der Waals surface area contributed by atoms with Crippen molar-refractivity contribution in [1.29, 1.82) is 0 Å². The van der Waals surface area contributed by atoms with Crippen LogP contribution in [0.15, 0.2) is 42.9 Å². The number of carbonyl (C=O) groups is 2. The van der Waals surface area contributed by atoms with Crippen molar-refractivity contribution >= 4 is 52.1 Å². The van der Waals surface area contributed by atoms with Gasteiger partial charge in [0.2, 0.25) is 0 Å². The minimum absolute atomic E-state index is 0.224. The molecule has 0 aliphatic carbocycles. The molecule has 3 aromatic rings. The maximum absolute atomic E-state index is 13.0. The molecule has 3 atom stereocenters. The van der Waals surface area contributed by atoms with Gasteiger partial charge in [-0.05, 0) is 36.1 Å². The molecule has 0 saturated heterocycles. The number of pyridine rings is 1. The number of rotatable bonds is 10. The number of benzene rings is 1. The van der Waals surface area contributed by atoms with Crippen LogP contribution in [0.3, 0.4) is 0 Å². The second-order valence-corrected chi connectivity index (χ2v) is 10.9. The first-order chi connectivity index (χ1) is 17.4. The maximum Gasteiger partial charge on any atom is 0.407 e. The average molecular weight is 550 g/mol. The number of aliphatic hydroxyl groups is 1. The summed E-state index contributed by atoms with van der Waals surface area (Å²) in [6, 6.07) is 6.75. The molecule has 2 aromatic heterocycles. The normalized spacial score (nSPS) is 14.2. The van der Waals surface area contributed by atoms with Crippen LogP contribution in [0.5, 0.6) is 0 Å². The van der Waals surface area contributed by atoms with Crippen molar-refractivity contribution in [2.45, 2.75) is 71.7 Å². The van der Waals surface area contributed by atoms with E-state index in [2.05, 4.69) is 15.3 Å². The number of hydrogen-bond acceptors (Lipinski definition) is 5. The number of nitrogens with zero attached hydrogens (tertiary/aromatic N) is 4. The van der Waals surface area contributed by atoms with Crippen molar-refractivity contribution < 1.29 is 19.8 Å². The van der Waals surface area contributed by atoms with E-state index in [1.807, 2.05) is 32.3 Å². The Morgan fingerprint density at radius 1 is 1.16 bits per heavy atom. The highest BCUT2D eigenvalue weighted by Crippen LogP contribution is 2.33. The highest BCUT2D eigenvalue weighted by molar-refractivity contribution is 6.42. The second-order valence-electron chi connectivity index (χ2n) is 10.1. The van der Waals surface area contributed by atoms with Crippen LogP contribution in [0.4, 0.5) is 10.6 Å². The lowest BCUT2D eigenvalue weighted by Gasteiger charge is -2.44. The smallest absolute Gasteiger partial charge is 0.407 e. The van der Waals surface area contributed by atoms with Gasteiger partial charge in [0, 0.05) is 12.7 Å². The lowest BCUT2D eigenvalue weighted by Crippen LogP contribution is -2.59. The van der Waals surface area contributed by atoms with Crippen molar-refractivity contribution in [2.75, 3.05) is 5.32 Å². The Kier molecular flexibility index (Phi) is 9.39. The monoisotopic (exact) mass is 549 g/mol. The fraction of sp³-hybridized carbons (Fsp3) is 0.462. The van der Waals surface area contributed by atoms with E-state index in [4.69, 9.17) is 23.2 Å². The standard InChI is InChI=1S/C26H33Cl2N5O4/c1-5-6-9-19(23(34)24(35)31-22-10-7-8-11-29-22)33(25(36)37)21(26(2,3)4)14-32-15-30-18-12-16(27)17(28)13-20(18)32/h7-8,10-13,15,19,21,23,34H,5-6,9,14H2,1-4H3,(H,36,37)(H,29,31,35)/t19-,21+,23+/m0/s1. The second kappa shape index (κ2) is 12.1. The van der Waals surface area contributed by atoms with Gasteiger partial charge in [0.25, 0.3) is 5.91 Å². The van der Waals surface area contributed by atoms with Crippen molar-refractivity contribution in [3.63, 3.8) is 0 Å². The third-order valence-electron chi connectivity index (χ3n) is 6.35. The van der Waals surface area contributed by atoms with Crippen LogP contribution in [-0.4, -0.2) is 59.8 Å². The summed E-state index contributed by atoms with van der Waals surface area (Å²) >= 11 is 12.4. The Balaban J connectivity index is 2.00. The van der Waals surface area contributed by atoms with E-state index < -0.39 is 35.6 Å². The number of hydrogen-bond donors (Lipinski definition) is 3. The molecule has 0 saturated carbocycles. The van der Waals surface area contributed by atoms with Crippen LogP contribution in [0.25, 0.3) is 11.0 Å². The first kappa shape index (κ1) is 28.7. The summed E-state index contributed by atoms with van der Waals surface area (Å²) in [4.78, 5) is 35.5. The Morgan fingerprint density at radius 3 is 2.46 bits per heavy atom. The van der Waals surface area contributed by atoms with Gasteiger partial charge < -0.3 is 20.1 Å². The number of carbonyl (C=O) groups excluding carboxylic acids is 1. The largest absolute Gasteiger partial charge is 0.465 e. The highest BCUT2D eigenvalue weighted by Gasteiger charge is 2.42. The number of amides is 2. The summed E-state index contributed by atoms with van der Waals surface area (Å²) in [7, 11) is 0. The van der Waals surface area contributed by atoms with E-state index in [1.165, 1.54) is 11.1 Å². The Labute approximate surface area is 226 Å². The topological polar surface area (TPSA) is 121 Å². The first-order valence-electron chi connectivity index (χ1n) is 12.1. The van der Waals surface area contributed by atoms with E-state index in [0.29, 0.717) is 33.9 Å². The van der Waals surface area contributed by atoms with Gasteiger partial charge in [0.05, 0.1) is 39.5 Å². The first-order valence-corrected chi connectivity index (χ1v) is 12.9. The number of aliphatic hydroxyl groups excluding tert-OH is 1. The predicted octanol–water partition coefficient (Wildman–Crippen LogP) is 5.69. The number of aromatic nitrogens is 3. The molecule has 0 aliphatic heterocycles. The van der Waals surface area contributed by atoms with Gasteiger partial charge in [-0.15, -0.1) is 0 Å². The Bertz CT molecular complexity index is 1230. The molecule has 0 aliphatic rings. The van der Waals surface area contributed by atoms with Gasteiger partial charge >= 0.3 is 6.09 Å². The van der Waals surface area contributed by atoms with Crippen molar-refractivity contribution in [1.82, 2.24) is 19.4 Å². The summed E-state index contributed by atoms with van der Waals surface area (Å²) in [5.41, 5.74) is 0.765. The minimum Gasteiger partial charge on any atom is -0.465 e. The lowest BCUT2D eigenvalue weighted by atomic mass is 9.83. The average Bonchev–Trinajstić information content (AvgIpc) is 3.21. The molecule has 37 heavy (non-hydrogen) atoms. The number of fused-ring (bicyclic) bond motifs is 1. The molecule has 3 N–H and O–H groups in total. The van der Waals surface area contributed by atoms with Gasteiger partial charge in [-0.1, -0.05) is 69.8 Å². The summed E-state index contributed by atoms with van der Waals surface area (Å²) < 4.78 is 1.82. The van der Waals surface area contributed by atoms with Crippen molar-refractivity contribution in [3.05, 3.63) is 52.9 Å². The lowest BCUT2D eigenvalue weighted by molar-refractivity contribution is -0.128. The number of carboxylic acid groups (broad SMARTS) is 1. The van der Waals surface area contributed by atoms with Crippen LogP contribution >= 0.6 is 23.2 Å². The van der Waals surface area contributed by atoms with E-state index >= 15 is 0 Å². The maximum atomic E-state index is 13.0. The fourth-order valence-corrected chi connectivity index (χ4v) is 4.66. The summed E-state index contributed by atoms with van der Waals surface area (Å²) in [5.74, 6) is -0.441. The zero-order chi connectivity index (χ0) is 27.3. The Hall–Kier alpha value is -2.88. The van der Waals surface area contributed by atoms with Gasteiger partial charge in [-0.25, -0.2) is 14.8 Å². The molecule has 200 valence electrons. The van der Waals surface area contributed by atoms with Crippen LogP contribution in [-0.2, 0) is 11.3 Å². The molecular weight excluding hydrogens is 517 g/mol. The highest BCUT2D eigenvalue weighted by atomic mass is 35.5. The van der Waals surface area contributed by atoms with Crippen LogP contribution < -0.4 is 5.32 Å². The molecule has 2 heterocycles. The summed E-state index contributed by atoms with van der Waals surface area (Å²) in [6.45, 7) is 7.97. The van der Waals surface area contributed by atoms with Crippen LogP contribution in [0.1, 0.15) is 47.0 Å². The number of imidazole rings is 1. The minimum atomic E-state index is -1.61. The molecule has 2 amide bonds. The van der Waals surface area contributed by atoms with Gasteiger partial charge in [0.15, 0.2) is 6.10 Å². The molecule has 3 rings (SSSR count). The quantitative estimate of drug-likeness (QED) is 0.298.